The maximum atomic E-state index is 15.1. The monoisotopic (exact) mass is 516 g/mol. The van der Waals surface area contributed by atoms with Gasteiger partial charge in [-0.25, -0.2) is 19.0 Å². The van der Waals surface area contributed by atoms with Crippen LogP contribution in [0.3, 0.4) is 0 Å². The van der Waals surface area contributed by atoms with E-state index in [2.05, 4.69) is 4.90 Å². The summed E-state index contributed by atoms with van der Waals surface area (Å²) >= 11 is 0. The van der Waals surface area contributed by atoms with Crippen LogP contribution in [0, 0.1) is 5.82 Å². The van der Waals surface area contributed by atoms with Crippen LogP contribution >= 0.6 is 0 Å². The number of likely N-dealkylation sites (N-methyl/N-ethyl adjacent to an activating group) is 1. The fourth-order valence-corrected chi connectivity index (χ4v) is 4.25. The van der Waals surface area contributed by atoms with Crippen molar-refractivity contribution in [1.29, 1.82) is 0 Å². The van der Waals surface area contributed by atoms with Crippen LogP contribution in [0.1, 0.15) is 1.43 Å². The Morgan fingerprint density at radius 2 is 1.89 bits per heavy atom. The number of amides is 4. The van der Waals surface area contributed by atoms with E-state index in [1.54, 1.807) is 15.9 Å². The zero-order valence-corrected chi connectivity index (χ0v) is 19.9. The summed E-state index contributed by atoms with van der Waals surface area (Å²) in [7, 11) is 2.00. The van der Waals surface area contributed by atoms with Crippen molar-refractivity contribution in [3.63, 3.8) is 0 Å². The second-order valence-corrected chi connectivity index (χ2v) is 8.79. The van der Waals surface area contributed by atoms with Crippen molar-refractivity contribution in [2.75, 3.05) is 82.4 Å². The van der Waals surface area contributed by atoms with Crippen molar-refractivity contribution in [2.24, 2.45) is 0 Å². The van der Waals surface area contributed by atoms with Crippen LogP contribution in [0.5, 0.6) is 0 Å². The van der Waals surface area contributed by atoms with Crippen LogP contribution in [0.2, 0.25) is 0 Å². The van der Waals surface area contributed by atoms with E-state index in [0.29, 0.717) is 31.9 Å². The van der Waals surface area contributed by atoms with Gasteiger partial charge in [-0.05, 0) is 25.2 Å². The number of alkyl halides is 2. The van der Waals surface area contributed by atoms with E-state index in [0.717, 1.165) is 13.1 Å². The molecule has 14 heteroatoms. The molecule has 1 aromatic carbocycles. The van der Waals surface area contributed by atoms with Gasteiger partial charge < -0.3 is 24.8 Å². The number of hydrogen-bond donors (Lipinski definition) is 1. The summed E-state index contributed by atoms with van der Waals surface area (Å²) in [6.45, 7) is 3.69. The SMILES string of the molecule is CN1CCN(C(=O)N2CCN(c3ccc(N4C[C@H](CNC(=O)C(F)F)OC4=O)cc3F)CCO2)CC1.[HH]. The molecule has 0 spiro atoms. The smallest absolute Gasteiger partial charge is 0.414 e. The summed E-state index contributed by atoms with van der Waals surface area (Å²) in [4.78, 5) is 48.5. The van der Waals surface area contributed by atoms with Crippen LogP contribution in [0.4, 0.5) is 34.1 Å². The fourth-order valence-electron chi connectivity index (χ4n) is 4.25. The highest BCUT2D eigenvalue weighted by Crippen LogP contribution is 2.28. The normalized spacial score (nSPS) is 21.6. The van der Waals surface area contributed by atoms with Gasteiger partial charge in [-0.15, -0.1) is 0 Å². The molecule has 0 aromatic heterocycles. The third-order valence-electron chi connectivity index (χ3n) is 6.33. The number of hydrogen-bond acceptors (Lipinski definition) is 7. The molecule has 11 nitrogen and oxygen atoms in total. The van der Waals surface area contributed by atoms with Crippen LogP contribution < -0.4 is 15.1 Å². The number of piperazine rings is 1. The van der Waals surface area contributed by atoms with E-state index < -0.39 is 30.3 Å². The Balaban J connectivity index is 0.00000380. The van der Waals surface area contributed by atoms with Crippen molar-refractivity contribution in [3.05, 3.63) is 24.0 Å². The van der Waals surface area contributed by atoms with E-state index in [9.17, 15) is 23.2 Å². The number of halogens is 3. The van der Waals surface area contributed by atoms with E-state index in [1.807, 2.05) is 12.4 Å². The third-order valence-corrected chi connectivity index (χ3v) is 6.33. The first-order valence-corrected chi connectivity index (χ1v) is 11.7. The average molecular weight is 517 g/mol. The number of carbonyl (C=O) groups is 3. The zero-order chi connectivity index (χ0) is 25.8. The van der Waals surface area contributed by atoms with Crippen molar-refractivity contribution in [1.82, 2.24) is 20.2 Å². The van der Waals surface area contributed by atoms with Gasteiger partial charge >= 0.3 is 18.5 Å². The standard InChI is InChI=1S/C22H29F3N6O5.H2/c1-27-4-6-29(7-5-27)21(33)31-9-8-28(10-11-35-31)18-3-2-15(12-17(18)23)30-14-16(36-22(30)34)13-26-20(32)19(24)25;/h2-3,12,16,19H,4-11,13-14H2,1H3,(H,26,32);1H/t16-;/m0./s1. The van der Waals surface area contributed by atoms with Crippen LogP contribution in [0.25, 0.3) is 0 Å². The molecule has 1 atom stereocenters. The van der Waals surface area contributed by atoms with Crippen LogP contribution in [-0.4, -0.2) is 118 Å². The molecule has 1 aromatic rings. The molecule has 4 amide bonds. The molecule has 0 aliphatic carbocycles. The Morgan fingerprint density at radius 1 is 1.14 bits per heavy atom. The first-order chi connectivity index (χ1) is 17.2. The van der Waals surface area contributed by atoms with Gasteiger partial charge in [-0.1, -0.05) is 0 Å². The van der Waals surface area contributed by atoms with E-state index in [4.69, 9.17) is 9.57 Å². The Bertz CT molecular complexity index is 984. The second-order valence-electron chi connectivity index (χ2n) is 8.79. The topological polar surface area (TPSA) is 97.9 Å². The lowest BCUT2D eigenvalue weighted by atomic mass is 10.2. The van der Waals surface area contributed by atoms with Gasteiger partial charge in [0.2, 0.25) is 0 Å². The number of carbonyl (C=O) groups excluding carboxylic acids is 3. The number of urea groups is 1. The Labute approximate surface area is 207 Å². The quantitative estimate of drug-likeness (QED) is 0.628. The van der Waals surface area contributed by atoms with Gasteiger partial charge in [0.1, 0.15) is 11.9 Å². The van der Waals surface area contributed by atoms with Crippen molar-refractivity contribution in [2.45, 2.75) is 12.5 Å². The molecule has 0 radical (unpaired) electrons. The van der Waals surface area contributed by atoms with Gasteiger partial charge in [0.25, 0.3) is 5.91 Å². The summed E-state index contributed by atoms with van der Waals surface area (Å²) in [5.74, 6) is -2.03. The molecule has 3 fully saturated rings. The number of hydroxylamine groups is 2. The minimum Gasteiger partial charge on any atom is -0.442 e. The molecule has 3 heterocycles. The molecule has 3 saturated heterocycles. The predicted molar refractivity (Wildman–Crippen MR) is 124 cm³/mol. The van der Waals surface area contributed by atoms with E-state index in [-0.39, 0.29) is 39.4 Å². The maximum Gasteiger partial charge on any atom is 0.414 e. The molecule has 36 heavy (non-hydrogen) atoms. The maximum absolute atomic E-state index is 15.1. The van der Waals surface area contributed by atoms with Crippen molar-refractivity contribution < 1.29 is 38.6 Å². The lowest BCUT2D eigenvalue weighted by Gasteiger charge is -2.35. The average Bonchev–Trinajstić information content (AvgIpc) is 3.06. The molecular weight excluding hydrogens is 485 g/mol. The predicted octanol–water partition coefficient (Wildman–Crippen LogP) is 1.20. The minimum absolute atomic E-state index is 0. The highest BCUT2D eigenvalue weighted by Gasteiger charge is 2.34. The van der Waals surface area contributed by atoms with Crippen molar-refractivity contribution in [3.8, 4) is 0 Å². The largest absolute Gasteiger partial charge is 0.442 e. The summed E-state index contributed by atoms with van der Waals surface area (Å²) < 4.78 is 44.8. The molecule has 3 aliphatic heterocycles. The number of nitrogens with one attached hydrogen (secondary N) is 1. The van der Waals surface area contributed by atoms with E-state index in [1.165, 1.54) is 22.1 Å². The first-order valence-electron chi connectivity index (χ1n) is 11.7. The Kier molecular flexibility index (Phi) is 8.04. The van der Waals surface area contributed by atoms with Gasteiger partial charge in [-0.2, -0.15) is 8.78 Å². The Hall–Kier alpha value is -3.26. The van der Waals surface area contributed by atoms with Crippen LogP contribution in [-0.2, 0) is 14.4 Å². The summed E-state index contributed by atoms with van der Waals surface area (Å²) in [6.07, 6.45) is -4.77. The fraction of sp³-hybridized carbons (Fsp3) is 0.591. The number of nitrogens with zero attached hydrogens (tertiary/aromatic N) is 5. The number of rotatable bonds is 5. The lowest BCUT2D eigenvalue weighted by molar-refractivity contribution is -0.132. The zero-order valence-electron chi connectivity index (χ0n) is 19.9. The molecule has 200 valence electrons. The molecule has 0 unspecified atom stereocenters. The highest BCUT2D eigenvalue weighted by molar-refractivity contribution is 5.90. The van der Waals surface area contributed by atoms with Gasteiger partial charge in [0.15, 0.2) is 0 Å². The molecule has 4 rings (SSSR count). The highest BCUT2D eigenvalue weighted by atomic mass is 19.3. The number of benzene rings is 1. The van der Waals surface area contributed by atoms with Crippen LogP contribution in [0.15, 0.2) is 18.2 Å². The second kappa shape index (κ2) is 11.2. The lowest BCUT2D eigenvalue weighted by Crippen LogP contribution is -2.52. The van der Waals surface area contributed by atoms with Crippen molar-refractivity contribution >= 4 is 29.4 Å². The number of ether oxygens (including phenoxy) is 1. The molecule has 0 saturated carbocycles. The third kappa shape index (κ3) is 5.93. The van der Waals surface area contributed by atoms with E-state index >= 15 is 4.39 Å². The first kappa shape index (κ1) is 25.8. The molecule has 1 N–H and O–H groups in total. The summed E-state index contributed by atoms with van der Waals surface area (Å²) in [5.41, 5.74) is 0.534. The molecule has 0 bridgehead atoms. The summed E-state index contributed by atoms with van der Waals surface area (Å²) in [5, 5.41) is 3.33. The van der Waals surface area contributed by atoms with Gasteiger partial charge in [0, 0.05) is 40.7 Å². The molecule has 3 aliphatic rings. The van der Waals surface area contributed by atoms with Gasteiger partial charge in [0.05, 0.1) is 37.6 Å². The number of cyclic esters (lactones) is 1. The van der Waals surface area contributed by atoms with Gasteiger partial charge in [-0.3, -0.25) is 14.5 Å². The number of anilines is 2. The molecular formula is C22H31F3N6O5. The Morgan fingerprint density at radius 3 is 2.58 bits per heavy atom. The minimum atomic E-state index is -3.17. The summed E-state index contributed by atoms with van der Waals surface area (Å²) in [6, 6.07) is 4.07.